The van der Waals surface area contributed by atoms with Gasteiger partial charge >= 0.3 is 0 Å². The van der Waals surface area contributed by atoms with E-state index in [4.69, 9.17) is 5.73 Å². The summed E-state index contributed by atoms with van der Waals surface area (Å²) < 4.78 is 0. The third-order valence-electron chi connectivity index (χ3n) is 2.03. The minimum Gasteiger partial charge on any atom is -0.323 e. The summed E-state index contributed by atoms with van der Waals surface area (Å²) in [5.41, 5.74) is 7.08. The lowest BCUT2D eigenvalue weighted by Crippen LogP contribution is -2.01. The zero-order valence-corrected chi connectivity index (χ0v) is 9.78. The zero-order chi connectivity index (χ0) is 10.1. The lowest BCUT2D eigenvalue weighted by Gasteiger charge is -1.97. The molecule has 14 heavy (non-hydrogen) atoms. The molecule has 0 aliphatic carbocycles. The summed E-state index contributed by atoms with van der Waals surface area (Å²) in [6, 6.07) is 2.20. The molecule has 0 fully saturated rings. The van der Waals surface area contributed by atoms with Crippen LogP contribution in [-0.2, 0) is 0 Å². The predicted molar refractivity (Wildman–Crippen MR) is 62.8 cm³/mol. The number of hydrogen-bond donors (Lipinski definition) is 1. The Labute approximate surface area is 91.4 Å². The van der Waals surface area contributed by atoms with E-state index >= 15 is 0 Å². The van der Waals surface area contributed by atoms with Crippen LogP contribution in [0.3, 0.4) is 0 Å². The molecule has 2 aromatic rings. The highest BCUT2D eigenvalue weighted by Crippen LogP contribution is 2.33. The lowest BCUT2D eigenvalue weighted by molar-refractivity contribution is 0.835. The highest BCUT2D eigenvalue weighted by molar-refractivity contribution is 7.21. The first-order valence-corrected chi connectivity index (χ1v) is 6.14. The predicted octanol–water partition coefficient (Wildman–Crippen LogP) is 3.20. The molecule has 2 nitrogen and oxygen atoms in total. The SMILES string of the molecule is Cc1ccsc1-c1ncc(C(C)N)s1. The first-order valence-electron chi connectivity index (χ1n) is 4.44. The van der Waals surface area contributed by atoms with Gasteiger partial charge in [-0.15, -0.1) is 22.7 Å². The van der Waals surface area contributed by atoms with Gasteiger partial charge < -0.3 is 5.73 Å². The highest BCUT2D eigenvalue weighted by atomic mass is 32.1. The smallest absolute Gasteiger partial charge is 0.133 e. The molecule has 1 atom stereocenters. The summed E-state index contributed by atoms with van der Waals surface area (Å²) in [4.78, 5) is 6.80. The van der Waals surface area contributed by atoms with Crippen molar-refractivity contribution in [2.45, 2.75) is 19.9 Å². The van der Waals surface area contributed by atoms with Gasteiger partial charge in [0.15, 0.2) is 0 Å². The van der Waals surface area contributed by atoms with Crippen LogP contribution in [0, 0.1) is 6.92 Å². The van der Waals surface area contributed by atoms with E-state index in [1.54, 1.807) is 22.7 Å². The molecular formula is C10H12N2S2. The first-order chi connectivity index (χ1) is 6.68. The second-order valence-corrected chi connectivity index (χ2v) is 5.27. The van der Waals surface area contributed by atoms with Crippen molar-refractivity contribution in [3.05, 3.63) is 28.1 Å². The van der Waals surface area contributed by atoms with E-state index in [9.17, 15) is 0 Å². The minimum atomic E-state index is 0.0847. The van der Waals surface area contributed by atoms with E-state index in [1.807, 2.05) is 13.1 Å². The Hall–Kier alpha value is -0.710. The number of nitrogens with two attached hydrogens (primary N) is 1. The van der Waals surface area contributed by atoms with E-state index < -0.39 is 0 Å². The van der Waals surface area contributed by atoms with Gasteiger partial charge in [0.05, 0.1) is 4.88 Å². The number of nitrogens with zero attached hydrogens (tertiary/aromatic N) is 1. The molecule has 2 heterocycles. The molecule has 0 bridgehead atoms. The maximum Gasteiger partial charge on any atom is 0.133 e. The maximum atomic E-state index is 5.79. The molecule has 0 aliphatic rings. The highest BCUT2D eigenvalue weighted by Gasteiger charge is 2.10. The van der Waals surface area contributed by atoms with Crippen molar-refractivity contribution >= 4 is 22.7 Å². The summed E-state index contributed by atoms with van der Waals surface area (Å²) in [7, 11) is 0. The number of hydrogen-bond acceptors (Lipinski definition) is 4. The third-order valence-corrected chi connectivity index (χ3v) is 4.40. The van der Waals surface area contributed by atoms with Crippen LogP contribution in [0.4, 0.5) is 0 Å². The maximum absolute atomic E-state index is 5.79. The zero-order valence-electron chi connectivity index (χ0n) is 8.15. The average molecular weight is 224 g/mol. The first kappa shape index (κ1) is 9.83. The van der Waals surface area contributed by atoms with E-state index in [-0.39, 0.29) is 6.04 Å². The van der Waals surface area contributed by atoms with Crippen LogP contribution in [0.15, 0.2) is 17.6 Å². The summed E-state index contributed by atoms with van der Waals surface area (Å²) in [5, 5.41) is 3.18. The third kappa shape index (κ3) is 1.73. The summed E-state index contributed by atoms with van der Waals surface area (Å²) in [5.74, 6) is 0. The van der Waals surface area contributed by atoms with Gasteiger partial charge in [0.2, 0.25) is 0 Å². The van der Waals surface area contributed by atoms with Crippen molar-refractivity contribution in [2.24, 2.45) is 5.73 Å². The van der Waals surface area contributed by atoms with Gasteiger partial charge in [-0.1, -0.05) is 0 Å². The molecule has 0 aromatic carbocycles. The Morgan fingerprint density at radius 1 is 1.50 bits per heavy atom. The number of aromatic nitrogens is 1. The molecule has 2 N–H and O–H groups in total. The van der Waals surface area contributed by atoms with Crippen molar-refractivity contribution in [3.63, 3.8) is 0 Å². The molecule has 0 amide bonds. The largest absolute Gasteiger partial charge is 0.323 e. The number of thiophene rings is 1. The van der Waals surface area contributed by atoms with Gasteiger partial charge in [0.25, 0.3) is 0 Å². The van der Waals surface area contributed by atoms with E-state index in [0.717, 1.165) is 9.88 Å². The second-order valence-electron chi connectivity index (χ2n) is 3.29. The molecule has 0 radical (unpaired) electrons. The van der Waals surface area contributed by atoms with Crippen molar-refractivity contribution in [1.82, 2.24) is 4.98 Å². The van der Waals surface area contributed by atoms with Crippen LogP contribution in [0.25, 0.3) is 9.88 Å². The van der Waals surface area contributed by atoms with Gasteiger partial charge in [-0.25, -0.2) is 4.98 Å². The fourth-order valence-corrected chi connectivity index (χ4v) is 3.15. The van der Waals surface area contributed by atoms with Crippen molar-refractivity contribution in [1.29, 1.82) is 0 Å². The van der Waals surface area contributed by atoms with E-state index in [2.05, 4.69) is 23.4 Å². The number of aryl methyl sites for hydroxylation is 1. The minimum absolute atomic E-state index is 0.0847. The summed E-state index contributed by atoms with van der Waals surface area (Å²) in [6.07, 6.45) is 1.88. The molecular weight excluding hydrogens is 212 g/mol. The van der Waals surface area contributed by atoms with Gasteiger partial charge in [-0.3, -0.25) is 0 Å². The Kier molecular flexibility index (Phi) is 2.67. The van der Waals surface area contributed by atoms with Crippen molar-refractivity contribution in [2.75, 3.05) is 0 Å². The van der Waals surface area contributed by atoms with Crippen molar-refractivity contribution < 1.29 is 0 Å². The molecule has 74 valence electrons. The summed E-state index contributed by atoms with van der Waals surface area (Å²) >= 11 is 3.42. The molecule has 4 heteroatoms. The monoisotopic (exact) mass is 224 g/mol. The Morgan fingerprint density at radius 2 is 2.29 bits per heavy atom. The van der Waals surface area contributed by atoms with Crippen LogP contribution in [-0.4, -0.2) is 4.98 Å². The molecule has 1 unspecified atom stereocenters. The van der Waals surface area contributed by atoms with Crippen LogP contribution in [0.2, 0.25) is 0 Å². The fourth-order valence-electron chi connectivity index (χ4n) is 1.19. The number of rotatable bonds is 2. The molecule has 2 aromatic heterocycles. The van der Waals surface area contributed by atoms with E-state index in [0.29, 0.717) is 0 Å². The molecule has 0 spiro atoms. The standard InChI is InChI=1S/C10H12N2S2/c1-6-3-4-13-9(6)10-12-5-8(14-10)7(2)11/h3-5,7H,11H2,1-2H3. The molecule has 2 rings (SSSR count). The van der Waals surface area contributed by atoms with Crippen LogP contribution in [0.5, 0.6) is 0 Å². The summed E-state index contributed by atoms with van der Waals surface area (Å²) in [6.45, 7) is 4.09. The average Bonchev–Trinajstić information content (AvgIpc) is 2.71. The topological polar surface area (TPSA) is 38.9 Å². The molecule has 0 aliphatic heterocycles. The quantitative estimate of drug-likeness (QED) is 0.850. The lowest BCUT2D eigenvalue weighted by atomic mass is 10.3. The van der Waals surface area contributed by atoms with Crippen LogP contribution in [0.1, 0.15) is 23.4 Å². The van der Waals surface area contributed by atoms with Gasteiger partial charge in [-0.05, 0) is 30.9 Å². The molecule has 0 saturated heterocycles. The van der Waals surface area contributed by atoms with E-state index in [1.165, 1.54) is 10.4 Å². The normalized spacial score (nSPS) is 13.1. The Morgan fingerprint density at radius 3 is 2.79 bits per heavy atom. The van der Waals surface area contributed by atoms with Crippen molar-refractivity contribution in [3.8, 4) is 9.88 Å². The Balaban J connectivity index is 2.39. The van der Waals surface area contributed by atoms with Crippen LogP contribution < -0.4 is 5.73 Å². The van der Waals surface area contributed by atoms with Gasteiger partial charge in [-0.2, -0.15) is 0 Å². The van der Waals surface area contributed by atoms with Gasteiger partial charge in [0, 0.05) is 17.1 Å². The van der Waals surface area contributed by atoms with Crippen LogP contribution >= 0.6 is 22.7 Å². The molecule has 0 saturated carbocycles. The second kappa shape index (κ2) is 3.81. The Bertz CT molecular complexity index is 429. The number of thiazole rings is 1. The van der Waals surface area contributed by atoms with Gasteiger partial charge in [0.1, 0.15) is 5.01 Å². The fraction of sp³-hybridized carbons (Fsp3) is 0.300.